The van der Waals surface area contributed by atoms with Gasteiger partial charge in [0.05, 0.1) is 0 Å². The van der Waals surface area contributed by atoms with Gasteiger partial charge in [-0.3, -0.25) is 0 Å². The number of halogens is 1. The first-order chi connectivity index (χ1) is 14.3. The minimum absolute atomic E-state index is 0.262. The van der Waals surface area contributed by atoms with E-state index in [9.17, 15) is 4.39 Å². The van der Waals surface area contributed by atoms with E-state index in [2.05, 4.69) is 41.7 Å². The average Bonchev–Trinajstić information content (AvgIpc) is 2.80. The normalized spacial score (nSPS) is 17.2. The molecule has 1 atom stereocenters. The maximum atomic E-state index is 13.5. The highest BCUT2D eigenvalue weighted by Gasteiger charge is 2.44. The Bertz CT molecular complexity index is 1070. The Labute approximate surface area is 169 Å². The highest BCUT2D eigenvalue weighted by Crippen LogP contribution is 2.49. The number of nitrogens with one attached hydrogen (secondary N) is 1. The van der Waals surface area contributed by atoms with Crippen molar-refractivity contribution >= 4 is 5.69 Å². The van der Waals surface area contributed by atoms with Gasteiger partial charge in [0.1, 0.15) is 11.4 Å². The van der Waals surface area contributed by atoms with Crippen LogP contribution in [0.25, 0.3) is 0 Å². The third-order valence-corrected chi connectivity index (χ3v) is 5.42. The van der Waals surface area contributed by atoms with Crippen LogP contribution in [0.3, 0.4) is 0 Å². The van der Waals surface area contributed by atoms with Gasteiger partial charge in [-0.1, -0.05) is 91.0 Å². The summed E-state index contributed by atoms with van der Waals surface area (Å²) in [6.45, 7) is 0. The molecule has 0 aromatic heterocycles. The van der Waals surface area contributed by atoms with Gasteiger partial charge in [0.15, 0.2) is 6.23 Å². The molecule has 0 saturated heterocycles. The van der Waals surface area contributed by atoms with E-state index in [-0.39, 0.29) is 5.82 Å². The average molecular weight is 381 g/mol. The highest BCUT2D eigenvalue weighted by molar-refractivity contribution is 5.63. The lowest BCUT2D eigenvalue weighted by molar-refractivity contribution is -0.0432. The lowest BCUT2D eigenvalue weighted by atomic mass is 9.78. The first-order valence-electron chi connectivity index (χ1n) is 9.68. The van der Waals surface area contributed by atoms with Crippen molar-refractivity contribution in [1.29, 1.82) is 0 Å². The van der Waals surface area contributed by atoms with Crippen LogP contribution >= 0.6 is 0 Å². The molecular formula is C26H20FNO. The molecule has 2 nitrogen and oxygen atoms in total. The summed E-state index contributed by atoms with van der Waals surface area (Å²) >= 11 is 0. The number of anilines is 1. The van der Waals surface area contributed by atoms with Crippen molar-refractivity contribution in [2.24, 2.45) is 0 Å². The van der Waals surface area contributed by atoms with Crippen LogP contribution in [-0.2, 0) is 10.3 Å². The van der Waals surface area contributed by atoms with Crippen molar-refractivity contribution in [1.82, 2.24) is 0 Å². The van der Waals surface area contributed by atoms with Gasteiger partial charge in [0.2, 0.25) is 0 Å². The van der Waals surface area contributed by atoms with E-state index in [0.717, 1.165) is 27.9 Å². The summed E-state index contributed by atoms with van der Waals surface area (Å²) in [4.78, 5) is 0. The third kappa shape index (κ3) is 3.00. The van der Waals surface area contributed by atoms with Crippen LogP contribution in [-0.4, -0.2) is 0 Å². The van der Waals surface area contributed by atoms with Gasteiger partial charge in [-0.15, -0.1) is 0 Å². The Hall–Kier alpha value is -3.43. The summed E-state index contributed by atoms with van der Waals surface area (Å²) in [7, 11) is 0. The second kappa shape index (κ2) is 7.19. The molecule has 0 aliphatic carbocycles. The quantitative estimate of drug-likeness (QED) is 0.452. The molecule has 29 heavy (non-hydrogen) atoms. The molecule has 4 aromatic carbocycles. The molecule has 0 amide bonds. The summed E-state index contributed by atoms with van der Waals surface area (Å²) in [5, 5.41) is 3.48. The van der Waals surface area contributed by atoms with Crippen molar-refractivity contribution < 1.29 is 9.13 Å². The molecule has 0 saturated carbocycles. The van der Waals surface area contributed by atoms with E-state index < -0.39 is 11.8 Å². The number of ether oxygens (including phenoxy) is 1. The van der Waals surface area contributed by atoms with E-state index in [1.165, 1.54) is 12.1 Å². The molecule has 1 heterocycles. The van der Waals surface area contributed by atoms with Crippen LogP contribution < -0.4 is 5.32 Å². The van der Waals surface area contributed by atoms with Crippen molar-refractivity contribution in [2.75, 3.05) is 5.32 Å². The summed E-state index contributed by atoms with van der Waals surface area (Å²) in [6.07, 6.45) is -0.425. The van der Waals surface area contributed by atoms with Crippen LogP contribution in [0.4, 0.5) is 10.1 Å². The lowest BCUT2D eigenvalue weighted by Gasteiger charge is -2.44. The van der Waals surface area contributed by atoms with E-state index in [1.807, 2.05) is 48.5 Å². The Kier molecular flexibility index (Phi) is 4.38. The molecule has 5 rings (SSSR count). The zero-order chi connectivity index (χ0) is 19.7. The van der Waals surface area contributed by atoms with Crippen LogP contribution in [0.5, 0.6) is 0 Å². The SMILES string of the molecule is Fc1ccc([C@@H]2Nc3ccccc3C(c3ccccc3)(c3ccccc3)O2)cc1. The Balaban J connectivity index is 1.77. The number of hydrogen-bond acceptors (Lipinski definition) is 2. The molecule has 0 fully saturated rings. The molecule has 0 radical (unpaired) electrons. The summed E-state index contributed by atoms with van der Waals surface area (Å²) in [6, 6.07) is 35.2. The Morgan fingerprint density at radius 1 is 0.655 bits per heavy atom. The van der Waals surface area contributed by atoms with Crippen LogP contribution in [0.2, 0.25) is 0 Å². The Morgan fingerprint density at radius 3 is 1.83 bits per heavy atom. The van der Waals surface area contributed by atoms with Gasteiger partial charge < -0.3 is 10.1 Å². The van der Waals surface area contributed by atoms with Gasteiger partial charge in [-0.25, -0.2) is 4.39 Å². The predicted octanol–water partition coefficient (Wildman–Crippen LogP) is 6.26. The highest BCUT2D eigenvalue weighted by atomic mass is 19.1. The van der Waals surface area contributed by atoms with Gasteiger partial charge >= 0.3 is 0 Å². The molecule has 1 N–H and O–H groups in total. The van der Waals surface area contributed by atoms with Crippen LogP contribution in [0, 0.1) is 5.82 Å². The third-order valence-electron chi connectivity index (χ3n) is 5.42. The standard InChI is InChI=1S/C26H20FNO/c27-22-17-15-19(16-18-22)25-28-24-14-8-7-13-23(24)26(29-25,20-9-3-1-4-10-20)21-11-5-2-6-12-21/h1-18,25,28H/t25-/m1/s1. The molecule has 0 unspecified atom stereocenters. The maximum absolute atomic E-state index is 13.5. The molecule has 1 aliphatic rings. The van der Waals surface area contributed by atoms with E-state index in [0.29, 0.717) is 0 Å². The van der Waals surface area contributed by atoms with Gasteiger partial charge in [-0.2, -0.15) is 0 Å². The minimum Gasteiger partial charge on any atom is -0.356 e. The first kappa shape index (κ1) is 17.7. The molecule has 4 aromatic rings. The minimum atomic E-state index is -0.788. The number of hydrogen-bond donors (Lipinski definition) is 1. The second-order valence-electron chi connectivity index (χ2n) is 7.15. The van der Waals surface area contributed by atoms with Crippen molar-refractivity contribution in [3.63, 3.8) is 0 Å². The van der Waals surface area contributed by atoms with E-state index >= 15 is 0 Å². The van der Waals surface area contributed by atoms with E-state index in [4.69, 9.17) is 4.74 Å². The van der Waals surface area contributed by atoms with E-state index in [1.54, 1.807) is 12.1 Å². The topological polar surface area (TPSA) is 21.3 Å². The molecule has 0 bridgehead atoms. The zero-order valence-electron chi connectivity index (χ0n) is 15.8. The fourth-order valence-electron chi connectivity index (χ4n) is 4.08. The fourth-order valence-corrected chi connectivity index (χ4v) is 4.08. The molecule has 0 spiro atoms. The van der Waals surface area contributed by atoms with Crippen molar-refractivity contribution in [3.05, 3.63) is 137 Å². The maximum Gasteiger partial charge on any atom is 0.156 e. The first-order valence-corrected chi connectivity index (χ1v) is 9.68. The lowest BCUT2D eigenvalue weighted by Crippen LogP contribution is -2.40. The van der Waals surface area contributed by atoms with Crippen molar-refractivity contribution in [2.45, 2.75) is 11.8 Å². The number of para-hydroxylation sites is 1. The number of benzene rings is 4. The van der Waals surface area contributed by atoms with Gasteiger partial charge in [0, 0.05) is 16.8 Å². The summed E-state index contributed by atoms with van der Waals surface area (Å²) in [5.41, 5.74) is 4.23. The zero-order valence-corrected chi connectivity index (χ0v) is 15.8. The largest absolute Gasteiger partial charge is 0.356 e. The van der Waals surface area contributed by atoms with Crippen LogP contribution in [0.15, 0.2) is 109 Å². The number of rotatable bonds is 3. The molecule has 142 valence electrons. The molecule has 3 heteroatoms. The van der Waals surface area contributed by atoms with Crippen molar-refractivity contribution in [3.8, 4) is 0 Å². The Morgan fingerprint density at radius 2 is 1.21 bits per heavy atom. The molecular weight excluding hydrogens is 361 g/mol. The monoisotopic (exact) mass is 381 g/mol. The van der Waals surface area contributed by atoms with Gasteiger partial charge in [-0.05, 0) is 29.3 Å². The smallest absolute Gasteiger partial charge is 0.156 e. The van der Waals surface area contributed by atoms with Gasteiger partial charge in [0.25, 0.3) is 0 Å². The second-order valence-corrected chi connectivity index (χ2v) is 7.15. The molecule has 1 aliphatic heterocycles. The number of fused-ring (bicyclic) bond motifs is 1. The summed E-state index contributed by atoms with van der Waals surface area (Å²) < 4.78 is 20.4. The fraction of sp³-hybridized carbons (Fsp3) is 0.0769. The predicted molar refractivity (Wildman–Crippen MR) is 113 cm³/mol. The summed E-state index contributed by atoms with van der Waals surface area (Å²) in [5.74, 6) is -0.262. The van der Waals surface area contributed by atoms with Crippen LogP contribution in [0.1, 0.15) is 28.5 Å².